The molecule has 0 aromatic heterocycles. The molecule has 1 aromatic rings. The summed E-state index contributed by atoms with van der Waals surface area (Å²) in [6.07, 6.45) is 1.62. The van der Waals surface area contributed by atoms with Gasteiger partial charge >= 0.3 is 12.1 Å². The van der Waals surface area contributed by atoms with E-state index in [-0.39, 0.29) is 17.5 Å². The number of hydrogen-bond donors (Lipinski definition) is 1. The predicted molar refractivity (Wildman–Crippen MR) is 85.9 cm³/mol. The molecule has 0 saturated carbocycles. The van der Waals surface area contributed by atoms with Crippen molar-refractivity contribution < 1.29 is 14.3 Å². The molecular formula is C17H23N3O3. The monoisotopic (exact) mass is 317 g/mol. The van der Waals surface area contributed by atoms with Crippen LogP contribution in [0.25, 0.3) is 0 Å². The van der Waals surface area contributed by atoms with Crippen LogP contribution in [0.5, 0.6) is 0 Å². The fourth-order valence-corrected chi connectivity index (χ4v) is 3.36. The summed E-state index contributed by atoms with van der Waals surface area (Å²) in [5.74, 6) is 0. The van der Waals surface area contributed by atoms with Crippen LogP contribution in [-0.2, 0) is 11.3 Å². The number of carbonyl (C=O) groups excluding carboxylic acids is 2. The van der Waals surface area contributed by atoms with E-state index in [0.717, 1.165) is 31.5 Å². The molecule has 0 bridgehead atoms. The summed E-state index contributed by atoms with van der Waals surface area (Å²) in [5.41, 5.74) is 1.19. The third kappa shape index (κ3) is 3.41. The molecule has 6 heteroatoms. The van der Waals surface area contributed by atoms with Crippen LogP contribution >= 0.6 is 0 Å². The van der Waals surface area contributed by atoms with Gasteiger partial charge in [0.15, 0.2) is 0 Å². The highest BCUT2D eigenvalue weighted by molar-refractivity contribution is 5.75. The quantitative estimate of drug-likeness (QED) is 0.908. The lowest BCUT2D eigenvalue weighted by atomic mass is 9.72. The molecule has 0 radical (unpaired) electrons. The van der Waals surface area contributed by atoms with Crippen LogP contribution in [0.15, 0.2) is 30.3 Å². The lowest BCUT2D eigenvalue weighted by molar-refractivity contribution is -0.0214. The maximum atomic E-state index is 12.1. The third-order valence-electron chi connectivity index (χ3n) is 4.84. The van der Waals surface area contributed by atoms with Gasteiger partial charge in [-0.1, -0.05) is 30.3 Å². The highest BCUT2D eigenvalue weighted by Gasteiger charge is 2.47. The first-order chi connectivity index (χ1) is 11.1. The topological polar surface area (TPSA) is 61.9 Å². The molecule has 0 unspecified atom stereocenters. The van der Waals surface area contributed by atoms with Crippen molar-refractivity contribution in [2.45, 2.75) is 19.4 Å². The highest BCUT2D eigenvalue weighted by atomic mass is 16.6. The van der Waals surface area contributed by atoms with E-state index < -0.39 is 0 Å². The molecule has 124 valence electrons. The first-order valence-electron chi connectivity index (χ1n) is 8.04. The van der Waals surface area contributed by atoms with Gasteiger partial charge in [-0.25, -0.2) is 9.59 Å². The summed E-state index contributed by atoms with van der Waals surface area (Å²) in [7, 11) is 1.65. The van der Waals surface area contributed by atoms with Gasteiger partial charge in [-0.05, 0) is 18.4 Å². The van der Waals surface area contributed by atoms with E-state index in [1.165, 1.54) is 0 Å². The largest absolute Gasteiger partial charge is 0.445 e. The van der Waals surface area contributed by atoms with E-state index in [9.17, 15) is 9.59 Å². The van der Waals surface area contributed by atoms with Crippen LogP contribution in [0.2, 0.25) is 0 Å². The number of benzene rings is 1. The van der Waals surface area contributed by atoms with Gasteiger partial charge < -0.3 is 19.9 Å². The zero-order valence-corrected chi connectivity index (χ0v) is 13.5. The Kier molecular flexibility index (Phi) is 4.41. The van der Waals surface area contributed by atoms with Crippen LogP contribution in [0, 0.1) is 5.41 Å². The highest BCUT2D eigenvalue weighted by Crippen LogP contribution is 2.40. The van der Waals surface area contributed by atoms with Gasteiger partial charge in [0.2, 0.25) is 0 Å². The molecule has 1 spiro atoms. The molecule has 2 aliphatic rings. The van der Waals surface area contributed by atoms with E-state index in [0.29, 0.717) is 19.7 Å². The normalized spacial score (nSPS) is 19.2. The fraction of sp³-hybridized carbons (Fsp3) is 0.529. The maximum absolute atomic E-state index is 12.1. The second-order valence-corrected chi connectivity index (χ2v) is 6.44. The van der Waals surface area contributed by atoms with Crippen LogP contribution in [0.3, 0.4) is 0 Å². The van der Waals surface area contributed by atoms with Crippen molar-refractivity contribution >= 4 is 12.1 Å². The van der Waals surface area contributed by atoms with Crippen LogP contribution in [0.1, 0.15) is 18.4 Å². The summed E-state index contributed by atoms with van der Waals surface area (Å²) in [4.78, 5) is 27.3. The smallest absolute Gasteiger partial charge is 0.410 e. The Balaban J connectivity index is 1.42. The van der Waals surface area contributed by atoms with Gasteiger partial charge in [-0.3, -0.25) is 0 Å². The second kappa shape index (κ2) is 6.48. The molecule has 2 fully saturated rings. The predicted octanol–water partition coefficient (Wildman–Crippen LogP) is 2.06. The Labute approximate surface area is 136 Å². The molecule has 23 heavy (non-hydrogen) atoms. The fourth-order valence-electron chi connectivity index (χ4n) is 3.36. The van der Waals surface area contributed by atoms with Gasteiger partial charge in [0.1, 0.15) is 6.61 Å². The molecule has 2 saturated heterocycles. The maximum Gasteiger partial charge on any atom is 0.410 e. The van der Waals surface area contributed by atoms with E-state index in [2.05, 4.69) is 5.32 Å². The van der Waals surface area contributed by atoms with Crippen molar-refractivity contribution in [1.29, 1.82) is 0 Å². The van der Waals surface area contributed by atoms with Gasteiger partial charge in [0.25, 0.3) is 0 Å². The molecule has 1 N–H and O–H groups in total. The molecular weight excluding hydrogens is 294 g/mol. The minimum absolute atomic E-state index is 0.0136. The average molecular weight is 317 g/mol. The Morgan fingerprint density at radius 1 is 1.13 bits per heavy atom. The molecule has 0 atom stereocenters. The number of ether oxygens (including phenoxy) is 1. The lowest BCUT2D eigenvalue weighted by Crippen LogP contribution is -2.63. The van der Waals surface area contributed by atoms with E-state index >= 15 is 0 Å². The molecule has 2 aliphatic heterocycles. The minimum atomic E-state index is -0.244. The average Bonchev–Trinajstić information content (AvgIpc) is 2.58. The van der Waals surface area contributed by atoms with Crippen LogP contribution < -0.4 is 5.32 Å². The molecule has 3 rings (SSSR count). The minimum Gasteiger partial charge on any atom is -0.445 e. The van der Waals surface area contributed by atoms with Crippen molar-refractivity contribution in [3.05, 3.63) is 35.9 Å². The van der Waals surface area contributed by atoms with Gasteiger partial charge in [-0.15, -0.1) is 0 Å². The number of rotatable bonds is 2. The number of urea groups is 1. The third-order valence-corrected chi connectivity index (χ3v) is 4.84. The summed E-state index contributed by atoms with van der Waals surface area (Å²) < 4.78 is 5.38. The lowest BCUT2D eigenvalue weighted by Gasteiger charge is -2.53. The standard InChI is InChI=1S/C17H23N3O3/c1-18-15(21)20-12-17(13-20)7-9-19(10-8-17)16(22)23-11-14-5-3-2-4-6-14/h2-6H,7-13H2,1H3,(H,18,21). The molecule has 1 aromatic carbocycles. The summed E-state index contributed by atoms with van der Waals surface area (Å²) in [6, 6.07) is 9.68. The Morgan fingerprint density at radius 3 is 2.39 bits per heavy atom. The number of likely N-dealkylation sites (tertiary alicyclic amines) is 2. The summed E-state index contributed by atoms with van der Waals surface area (Å²) in [5, 5.41) is 2.65. The van der Waals surface area contributed by atoms with Crippen LogP contribution in [0.4, 0.5) is 9.59 Å². The van der Waals surface area contributed by atoms with Crippen molar-refractivity contribution in [3.63, 3.8) is 0 Å². The number of nitrogens with zero attached hydrogens (tertiary/aromatic N) is 2. The number of nitrogens with one attached hydrogen (secondary N) is 1. The van der Waals surface area contributed by atoms with Crippen molar-refractivity contribution in [1.82, 2.24) is 15.1 Å². The number of amides is 3. The van der Waals surface area contributed by atoms with E-state index in [1.54, 1.807) is 11.9 Å². The first kappa shape index (κ1) is 15.6. The Hall–Kier alpha value is -2.24. The Morgan fingerprint density at radius 2 is 1.78 bits per heavy atom. The number of carbonyl (C=O) groups is 2. The van der Waals surface area contributed by atoms with Gasteiger partial charge in [0, 0.05) is 38.6 Å². The van der Waals surface area contributed by atoms with Crippen molar-refractivity contribution in [2.75, 3.05) is 33.2 Å². The number of piperidine rings is 1. The second-order valence-electron chi connectivity index (χ2n) is 6.44. The van der Waals surface area contributed by atoms with Crippen LogP contribution in [-0.4, -0.2) is 55.2 Å². The molecule has 2 heterocycles. The van der Waals surface area contributed by atoms with Crippen molar-refractivity contribution in [2.24, 2.45) is 5.41 Å². The van der Waals surface area contributed by atoms with E-state index in [4.69, 9.17) is 4.74 Å². The summed E-state index contributed by atoms with van der Waals surface area (Å²) >= 11 is 0. The molecule has 6 nitrogen and oxygen atoms in total. The summed E-state index contributed by atoms with van der Waals surface area (Å²) in [6.45, 7) is 3.30. The first-order valence-corrected chi connectivity index (χ1v) is 8.04. The number of hydrogen-bond acceptors (Lipinski definition) is 3. The van der Waals surface area contributed by atoms with Crippen molar-refractivity contribution in [3.8, 4) is 0 Å². The Bertz CT molecular complexity index is 560. The zero-order valence-electron chi connectivity index (χ0n) is 13.5. The zero-order chi connectivity index (χ0) is 16.3. The van der Waals surface area contributed by atoms with Gasteiger partial charge in [0.05, 0.1) is 0 Å². The van der Waals surface area contributed by atoms with Gasteiger partial charge in [-0.2, -0.15) is 0 Å². The molecule has 3 amide bonds. The molecule has 0 aliphatic carbocycles. The van der Waals surface area contributed by atoms with E-state index in [1.807, 2.05) is 35.2 Å². The SMILES string of the molecule is CNC(=O)N1CC2(CCN(C(=O)OCc3ccccc3)CC2)C1.